The van der Waals surface area contributed by atoms with Crippen LogP contribution in [0.5, 0.6) is 0 Å². The van der Waals surface area contributed by atoms with E-state index >= 15 is 35.1 Å². The predicted octanol–water partition coefficient (Wildman–Crippen LogP) is 13.1. The van der Waals surface area contributed by atoms with Crippen LogP contribution in [0, 0.1) is 116 Å². The zero-order valence-electron chi connectivity index (χ0n) is 33.3. The van der Waals surface area contributed by atoms with Crippen molar-refractivity contribution in [1.82, 2.24) is 19.9 Å². The summed E-state index contributed by atoms with van der Waals surface area (Å²) in [6.07, 6.45) is 2.26. The van der Waals surface area contributed by atoms with Crippen LogP contribution < -0.4 is 9.97 Å². The summed E-state index contributed by atoms with van der Waals surface area (Å²) in [7, 11) is 0. The van der Waals surface area contributed by atoms with Crippen molar-refractivity contribution in [3.05, 3.63) is 163 Å². The summed E-state index contributed by atoms with van der Waals surface area (Å²) in [6, 6.07) is 2.26. The van der Waals surface area contributed by atoms with Crippen molar-refractivity contribution in [1.29, 1.82) is 0 Å². The zero-order valence-corrected chi connectivity index (χ0v) is 35.0. The van der Waals surface area contributed by atoms with Crippen molar-refractivity contribution in [3.63, 3.8) is 0 Å². The van der Waals surface area contributed by atoms with Crippen molar-refractivity contribution in [2.24, 2.45) is 0 Å². The van der Waals surface area contributed by atoms with E-state index in [4.69, 9.17) is 4.79 Å². The third-order valence-electron chi connectivity index (χ3n) is 10.4. The molecular formula is C45H9F20N4ORu. The molecule has 71 heavy (non-hydrogen) atoms. The molecule has 0 saturated carbocycles. The monoisotopic (exact) mass is 1100 g/mol. The van der Waals surface area contributed by atoms with Gasteiger partial charge >= 0.3 is 19.5 Å². The fraction of sp³-hybridized carbons (Fsp3) is 0. The largest absolute Gasteiger partial charge is 3.00 e. The number of benzene rings is 4. The van der Waals surface area contributed by atoms with Crippen molar-refractivity contribution in [2.75, 3.05) is 0 Å². The summed E-state index contributed by atoms with van der Waals surface area (Å²) in [5.41, 5.74) is -21.6. The molecule has 0 amide bonds. The Morgan fingerprint density at radius 1 is 0.254 bits per heavy atom. The Morgan fingerprint density at radius 3 is 0.549 bits per heavy atom. The van der Waals surface area contributed by atoms with Gasteiger partial charge in [-0.2, -0.15) is 0 Å². The van der Waals surface area contributed by atoms with Crippen LogP contribution in [-0.2, 0) is 24.3 Å². The third-order valence-corrected chi connectivity index (χ3v) is 10.4. The van der Waals surface area contributed by atoms with Gasteiger partial charge in [-0.25, -0.2) is 97.8 Å². The van der Waals surface area contributed by atoms with Crippen LogP contribution in [-0.4, -0.2) is 16.8 Å². The number of halogens is 20. The van der Waals surface area contributed by atoms with Crippen LogP contribution >= 0.6 is 0 Å². The summed E-state index contributed by atoms with van der Waals surface area (Å²) in [5.74, 6) is -53.1. The Bertz CT molecular complexity index is 3150. The number of aromatic nitrogens is 4. The van der Waals surface area contributed by atoms with Gasteiger partial charge in [0.05, 0.1) is 45.0 Å². The average Bonchev–Trinajstić information content (AvgIpc) is 4.21. The molecule has 0 unspecified atom stereocenters. The summed E-state index contributed by atoms with van der Waals surface area (Å²) in [6.45, 7) is 3.25. The molecule has 363 valence electrons. The summed E-state index contributed by atoms with van der Waals surface area (Å²) in [5, 5.41) is 0. The van der Waals surface area contributed by atoms with Gasteiger partial charge < -0.3 is 14.8 Å². The smallest absolute Gasteiger partial charge is 0.657 e. The normalized spacial score (nSPS) is 11.8. The Labute approximate surface area is 392 Å². The Balaban J connectivity index is 0.00000244. The molecule has 2 aliphatic heterocycles. The second-order valence-corrected chi connectivity index (χ2v) is 14.1. The molecule has 7 aromatic rings. The first-order chi connectivity index (χ1) is 33.1. The van der Waals surface area contributed by atoms with Crippen LogP contribution in [0.25, 0.3) is 90.9 Å². The molecule has 5 nitrogen and oxygen atoms in total. The van der Waals surface area contributed by atoms with Crippen LogP contribution in [0.1, 0.15) is 22.8 Å². The fourth-order valence-corrected chi connectivity index (χ4v) is 7.41. The van der Waals surface area contributed by atoms with Gasteiger partial charge in [-0.1, -0.05) is 24.3 Å². The summed E-state index contributed by atoms with van der Waals surface area (Å²) >= 11 is 0. The maximum atomic E-state index is 15.8. The first-order valence-electron chi connectivity index (χ1n) is 18.4. The number of carbonyl (C=O) groups excluding carboxylic acids is 1. The average molecular weight is 1100 g/mol. The molecule has 3 aromatic heterocycles. The molecule has 0 aliphatic carbocycles. The number of hydrogen-bond acceptors (Lipinski definition) is 3. The summed E-state index contributed by atoms with van der Waals surface area (Å²) < 4.78 is 303. The SMILES string of the molecule is Fc1c(F)c(F)c(-c2c3nc(c(-c4c(F)c(F)c(F)c(F)c4F)c4ccc([n-]4)c(-c4c(F)c(F)c(F)c(F)c4F)c4nc(c(-c5c(F)c(F)c(F)c(F)c5F)c5ccc2[n-]5)C=C4)C=C3)c(F)c1F.[CH-]=O.[Ru+3]. The molecule has 0 atom stereocenters. The molecule has 2 aliphatic rings. The molecule has 4 aromatic carbocycles. The summed E-state index contributed by atoms with van der Waals surface area (Å²) in [4.78, 5) is 23.3. The van der Waals surface area contributed by atoms with E-state index in [2.05, 4.69) is 26.7 Å². The van der Waals surface area contributed by atoms with E-state index in [0.29, 0.717) is 48.6 Å². The second kappa shape index (κ2) is 18.6. The molecule has 0 saturated heterocycles. The van der Waals surface area contributed by atoms with Gasteiger partial charge in [0.1, 0.15) is 0 Å². The molecule has 5 heterocycles. The molecule has 9 rings (SSSR count). The molecule has 0 spiro atoms. The molecular weight excluding hydrogens is 1090 g/mol. The van der Waals surface area contributed by atoms with E-state index in [-0.39, 0.29) is 19.5 Å². The van der Waals surface area contributed by atoms with Crippen LogP contribution in [0.2, 0.25) is 0 Å². The topological polar surface area (TPSA) is 71.1 Å². The van der Waals surface area contributed by atoms with Gasteiger partial charge in [-0.3, -0.25) is 6.79 Å². The Morgan fingerprint density at radius 2 is 0.394 bits per heavy atom. The predicted molar refractivity (Wildman–Crippen MR) is 204 cm³/mol. The van der Waals surface area contributed by atoms with E-state index in [1.807, 2.05) is 0 Å². The van der Waals surface area contributed by atoms with E-state index in [9.17, 15) is 52.7 Å². The van der Waals surface area contributed by atoms with Crippen LogP contribution in [0.4, 0.5) is 87.8 Å². The fourth-order valence-electron chi connectivity index (χ4n) is 7.41. The Hall–Kier alpha value is -7.63. The zero-order chi connectivity index (χ0) is 51.3. The first kappa shape index (κ1) is 51.2. The van der Waals surface area contributed by atoms with Gasteiger partial charge in [0.2, 0.25) is 23.3 Å². The number of hydrogen-bond donors (Lipinski definition) is 0. The van der Waals surface area contributed by atoms with Crippen LogP contribution in [0.3, 0.4) is 0 Å². The van der Waals surface area contributed by atoms with Gasteiger partial charge in [0.25, 0.3) is 0 Å². The first-order valence-corrected chi connectivity index (χ1v) is 18.4. The van der Waals surface area contributed by atoms with E-state index in [0.717, 1.165) is 0 Å². The molecule has 26 heteroatoms. The van der Waals surface area contributed by atoms with Gasteiger partial charge in [-0.15, -0.1) is 22.1 Å². The molecule has 8 bridgehead atoms. The van der Waals surface area contributed by atoms with Crippen molar-refractivity contribution < 1.29 is 112 Å². The van der Waals surface area contributed by atoms with Gasteiger partial charge in [0.15, 0.2) is 93.1 Å². The van der Waals surface area contributed by atoms with Crippen molar-refractivity contribution in [3.8, 4) is 44.5 Å². The maximum Gasteiger partial charge on any atom is 3.00 e. The molecule has 0 fully saturated rings. The second-order valence-electron chi connectivity index (χ2n) is 14.1. The minimum Gasteiger partial charge on any atom is -0.657 e. The van der Waals surface area contributed by atoms with Gasteiger partial charge in [0, 0.05) is 0 Å². The Kier molecular flexibility index (Phi) is 13.4. The quantitative estimate of drug-likeness (QED) is 0.0439. The maximum absolute atomic E-state index is 15.8. The van der Waals surface area contributed by atoms with E-state index in [1.165, 1.54) is 0 Å². The minimum absolute atomic E-state index is 0. The number of nitrogens with zero attached hydrogens (tertiary/aromatic N) is 4. The number of rotatable bonds is 4. The van der Waals surface area contributed by atoms with Gasteiger partial charge in [-0.05, 0) is 46.6 Å². The van der Waals surface area contributed by atoms with E-state index in [1.54, 1.807) is 0 Å². The standard InChI is InChI=1S/C44H8F20N4.CHO.Ru/c45-25-21(26(46)34(54)41(61)33(25)53)17-9-1-2-10(65-9)18(22-27(47)35(55)42(62)36(56)28(22)48)12-5-6-14(67-12)20(24-31(51)39(59)44(64)40(60)32(24)52)16-8-7-15(68-16)19(13-4-3-11(17)66-13)23-29(49)37(57)43(63)38(58)30(23)50;1-2;/h1-8H;1H;/q-2;-1;+3. The minimum atomic E-state index is -2.73. The molecule has 1 radical (unpaired) electrons. The number of fused-ring (bicyclic) bond motifs is 8. The van der Waals surface area contributed by atoms with Crippen LogP contribution in [0.15, 0.2) is 24.3 Å². The third kappa shape index (κ3) is 7.65. The van der Waals surface area contributed by atoms with Crippen molar-refractivity contribution in [2.45, 2.75) is 0 Å². The molecule has 0 N–H and O–H groups in total. The van der Waals surface area contributed by atoms with Crippen molar-refractivity contribution >= 4 is 53.2 Å². The van der Waals surface area contributed by atoms with E-state index < -0.39 is 206 Å².